The highest BCUT2D eigenvalue weighted by molar-refractivity contribution is 6.08. The van der Waals surface area contributed by atoms with E-state index in [1.807, 2.05) is 38.1 Å². The average Bonchev–Trinajstić information content (AvgIpc) is 2.72. The zero-order chi connectivity index (χ0) is 14.7. The van der Waals surface area contributed by atoms with E-state index in [1.54, 1.807) is 0 Å². The molecule has 2 rings (SSSR count). The van der Waals surface area contributed by atoms with E-state index >= 15 is 0 Å². The molecule has 0 radical (unpaired) electrons. The number of carbonyl (C=O) groups is 2. The zero-order valence-corrected chi connectivity index (χ0v) is 11.6. The topological polar surface area (TPSA) is 82.2 Å². The molecule has 0 saturated carbocycles. The van der Waals surface area contributed by atoms with Gasteiger partial charge in [-0.3, -0.25) is 9.59 Å². The smallest absolute Gasteiger partial charge is 0.303 e. The van der Waals surface area contributed by atoms with Gasteiger partial charge in [-0.15, -0.1) is 0 Å². The van der Waals surface area contributed by atoms with Gasteiger partial charge in [0.2, 0.25) is 0 Å². The minimum Gasteiger partial charge on any atom is -0.481 e. The van der Waals surface area contributed by atoms with Crippen molar-refractivity contribution in [1.82, 2.24) is 10.3 Å². The van der Waals surface area contributed by atoms with Crippen LogP contribution in [-0.4, -0.2) is 28.0 Å². The molecule has 1 aromatic heterocycles. The first kappa shape index (κ1) is 14.1. The molecule has 0 fully saturated rings. The van der Waals surface area contributed by atoms with Gasteiger partial charge in [0.15, 0.2) is 0 Å². The third-order valence-corrected chi connectivity index (χ3v) is 3.29. The predicted molar refractivity (Wildman–Crippen MR) is 76.8 cm³/mol. The van der Waals surface area contributed by atoms with Crippen LogP contribution in [0.3, 0.4) is 0 Å². The Morgan fingerprint density at radius 1 is 1.35 bits per heavy atom. The number of aromatic nitrogens is 1. The van der Waals surface area contributed by atoms with Crippen molar-refractivity contribution in [3.8, 4) is 0 Å². The predicted octanol–water partition coefficient (Wildman–Crippen LogP) is 2.46. The van der Waals surface area contributed by atoms with Crippen LogP contribution in [0.2, 0.25) is 0 Å². The number of benzene rings is 1. The third kappa shape index (κ3) is 2.99. The molecular weight excluding hydrogens is 256 g/mol. The molecule has 2 aromatic rings. The van der Waals surface area contributed by atoms with Gasteiger partial charge in [-0.1, -0.05) is 18.2 Å². The van der Waals surface area contributed by atoms with Crippen LogP contribution < -0.4 is 5.32 Å². The number of aliphatic carboxylic acids is 1. The first-order chi connectivity index (χ1) is 9.49. The Morgan fingerprint density at radius 3 is 2.75 bits per heavy atom. The van der Waals surface area contributed by atoms with E-state index in [2.05, 4.69) is 10.3 Å². The standard InChI is InChI=1S/C15H18N2O3/c1-9(7-8-13(18)19)16-15(20)14-10(2)17-12-6-4-3-5-11(12)14/h3-6,9,17H,7-8H2,1-2H3,(H,16,20)(H,18,19). The molecule has 0 aliphatic carbocycles. The number of carbonyl (C=O) groups excluding carboxylic acids is 1. The van der Waals surface area contributed by atoms with Gasteiger partial charge < -0.3 is 15.4 Å². The highest BCUT2D eigenvalue weighted by Gasteiger charge is 2.17. The number of para-hydroxylation sites is 1. The lowest BCUT2D eigenvalue weighted by molar-refractivity contribution is -0.137. The quantitative estimate of drug-likeness (QED) is 0.783. The molecule has 1 atom stereocenters. The molecule has 1 heterocycles. The maximum Gasteiger partial charge on any atom is 0.303 e. The second-order valence-corrected chi connectivity index (χ2v) is 4.98. The van der Waals surface area contributed by atoms with Crippen molar-refractivity contribution >= 4 is 22.8 Å². The lowest BCUT2D eigenvalue weighted by Gasteiger charge is -2.12. The highest BCUT2D eigenvalue weighted by atomic mass is 16.4. The Hall–Kier alpha value is -2.30. The minimum absolute atomic E-state index is 0.0499. The molecule has 1 amide bonds. The summed E-state index contributed by atoms with van der Waals surface area (Å²) in [4.78, 5) is 26.0. The van der Waals surface area contributed by atoms with E-state index in [1.165, 1.54) is 0 Å². The summed E-state index contributed by atoms with van der Waals surface area (Å²) in [5.74, 6) is -1.02. The van der Waals surface area contributed by atoms with Gasteiger partial charge in [-0.2, -0.15) is 0 Å². The molecule has 1 unspecified atom stereocenters. The first-order valence-electron chi connectivity index (χ1n) is 6.59. The van der Waals surface area contributed by atoms with Crippen molar-refractivity contribution in [2.24, 2.45) is 0 Å². The Labute approximate surface area is 117 Å². The maximum absolute atomic E-state index is 12.3. The van der Waals surface area contributed by atoms with Crippen LogP contribution in [0.15, 0.2) is 24.3 Å². The molecule has 0 spiro atoms. The van der Waals surface area contributed by atoms with Crippen molar-refractivity contribution in [2.45, 2.75) is 32.7 Å². The van der Waals surface area contributed by atoms with Crippen molar-refractivity contribution in [2.75, 3.05) is 0 Å². The summed E-state index contributed by atoms with van der Waals surface area (Å²) in [5.41, 5.74) is 2.37. The fourth-order valence-corrected chi connectivity index (χ4v) is 2.28. The first-order valence-corrected chi connectivity index (χ1v) is 6.59. The normalized spacial score (nSPS) is 12.3. The molecule has 3 N–H and O–H groups in total. The molecular formula is C15H18N2O3. The van der Waals surface area contributed by atoms with E-state index in [9.17, 15) is 9.59 Å². The summed E-state index contributed by atoms with van der Waals surface area (Å²) >= 11 is 0. The number of aromatic amines is 1. The van der Waals surface area contributed by atoms with Crippen LogP contribution >= 0.6 is 0 Å². The average molecular weight is 274 g/mol. The third-order valence-electron chi connectivity index (χ3n) is 3.29. The summed E-state index contributed by atoms with van der Waals surface area (Å²) in [6, 6.07) is 7.45. The zero-order valence-electron chi connectivity index (χ0n) is 11.6. The van der Waals surface area contributed by atoms with Crippen LogP contribution in [0.5, 0.6) is 0 Å². The van der Waals surface area contributed by atoms with Gasteiger partial charge in [-0.05, 0) is 26.3 Å². The summed E-state index contributed by atoms with van der Waals surface area (Å²) in [5, 5.41) is 12.4. The Morgan fingerprint density at radius 2 is 2.05 bits per heavy atom. The molecule has 5 nitrogen and oxygen atoms in total. The molecule has 106 valence electrons. The molecule has 0 aliphatic rings. The number of rotatable bonds is 5. The maximum atomic E-state index is 12.3. The number of H-pyrrole nitrogens is 1. The molecule has 0 aliphatic heterocycles. The van der Waals surface area contributed by atoms with Crippen LogP contribution in [-0.2, 0) is 4.79 Å². The largest absolute Gasteiger partial charge is 0.481 e. The van der Waals surface area contributed by atoms with Crippen LogP contribution in [0.4, 0.5) is 0 Å². The Bertz CT molecular complexity index is 646. The summed E-state index contributed by atoms with van der Waals surface area (Å²) < 4.78 is 0. The summed E-state index contributed by atoms with van der Waals surface area (Å²) in [7, 11) is 0. The summed E-state index contributed by atoms with van der Waals surface area (Å²) in [6.45, 7) is 3.67. The number of amides is 1. The SMILES string of the molecule is Cc1[nH]c2ccccc2c1C(=O)NC(C)CCC(=O)O. The van der Waals surface area contributed by atoms with Crippen molar-refractivity contribution in [3.05, 3.63) is 35.5 Å². The van der Waals surface area contributed by atoms with Crippen LogP contribution in [0, 0.1) is 6.92 Å². The molecule has 1 aromatic carbocycles. The van der Waals surface area contributed by atoms with Crippen molar-refractivity contribution in [1.29, 1.82) is 0 Å². The van der Waals surface area contributed by atoms with Crippen LogP contribution in [0.25, 0.3) is 10.9 Å². The number of aryl methyl sites for hydroxylation is 1. The number of hydrogen-bond donors (Lipinski definition) is 3. The van der Waals surface area contributed by atoms with E-state index in [0.29, 0.717) is 12.0 Å². The number of carboxylic acids is 1. The van der Waals surface area contributed by atoms with E-state index in [0.717, 1.165) is 16.6 Å². The number of nitrogens with one attached hydrogen (secondary N) is 2. The highest BCUT2D eigenvalue weighted by Crippen LogP contribution is 2.21. The fourth-order valence-electron chi connectivity index (χ4n) is 2.28. The van der Waals surface area contributed by atoms with Gasteiger partial charge >= 0.3 is 5.97 Å². The lowest BCUT2D eigenvalue weighted by atomic mass is 10.1. The molecule has 0 saturated heterocycles. The van der Waals surface area contributed by atoms with Crippen molar-refractivity contribution in [3.63, 3.8) is 0 Å². The van der Waals surface area contributed by atoms with Gasteiger partial charge in [-0.25, -0.2) is 0 Å². The van der Waals surface area contributed by atoms with Gasteiger partial charge in [0.1, 0.15) is 0 Å². The second kappa shape index (κ2) is 5.77. The van der Waals surface area contributed by atoms with Gasteiger partial charge in [0.25, 0.3) is 5.91 Å². The number of fused-ring (bicyclic) bond motifs is 1. The summed E-state index contributed by atoms with van der Waals surface area (Å²) in [6.07, 6.45) is 0.469. The fraction of sp³-hybridized carbons (Fsp3) is 0.333. The molecule has 5 heteroatoms. The molecule has 0 bridgehead atoms. The van der Waals surface area contributed by atoms with Crippen LogP contribution in [0.1, 0.15) is 35.8 Å². The second-order valence-electron chi connectivity index (χ2n) is 4.98. The van der Waals surface area contributed by atoms with E-state index in [-0.39, 0.29) is 18.4 Å². The number of hydrogen-bond acceptors (Lipinski definition) is 2. The van der Waals surface area contributed by atoms with Gasteiger partial charge in [0, 0.05) is 29.1 Å². The monoisotopic (exact) mass is 274 g/mol. The van der Waals surface area contributed by atoms with E-state index in [4.69, 9.17) is 5.11 Å². The Kier molecular flexibility index (Phi) is 4.08. The minimum atomic E-state index is -0.852. The van der Waals surface area contributed by atoms with Gasteiger partial charge in [0.05, 0.1) is 5.56 Å². The lowest BCUT2D eigenvalue weighted by Crippen LogP contribution is -2.33. The van der Waals surface area contributed by atoms with Crippen molar-refractivity contribution < 1.29 is 14.7 Å². The molecule has 20 heavy (non-hydrogen) atoms. The van der Waals surface area contributed by atoms with E-state index < -0.39 is 5.97 Å². The Balaban J connectivity index is 2.15. The number of carboxylic acid groups (broad SMARTS) is 1.